The summed E-state index contributed by atoms with van der Waals surface area (Å²) in [5, 5.41) is 11.9. The fourth-order valence-corrected chi connectivity index (χ4v) is 2.76. The number of carbonyl (C=O) groups is 2. The highest BCUT2D eigenvalue weighted by Gasteiger charge is 2.24. The molecule has 1 amide bonds. The van der Waals surface area contributed by atoms with E-state index >= 15 is 0 Å². The van der Waals surface area contributed by atoms with E-state index in [4.69, 9.17) is 5.11 Å². The highest BCUT2D eigenvalue weighted by molar-refractivity contribution is 5.88. The van der Waals surface area contributed by atoms with Gasteiger partial charge in [0, 0.05) is 25.7 Å². The van der Waals surface area contributed by atoms with Crippen LogP contribution in [0.5, 0.6) is 0 Å². The van der Waals surface area contributed by atoms with Crippen LogP contribution in [-0.2, 0) is 16.0 Å². The zero-order valence-corrected chi connectivity index (χ0v) is 12.3. The van der Waals surface area contributed by atoms with Crippen LogP contribution in [-0.4, -0.2) is 41.5 Å². The van der Waals surface area contributed by atoms with Gasteiger partial charge in [0.15, 0.2) is 0 Å². The summed E-state index contributed by atoms with van der Waals surface area (Å²) in [4.78, 5) is 24.3. The summed E-state index contributed by atoms with van der Waals surface area (Å²) in [5.74, 6) is -0.996. The first-order chi connectivity index (χ1) is 10.0. The second kappa shape index (κ2) is 7.22. The third kappa shape index (κ3) is 4.86. The molecule has 1 heterocycles. The maximum Gasteiger partial charge on any atom is 0.307 e. The summed E-state index contributed by atoms with van der Waals surface area (Å²) in [6, 6.07) is 7.80. The zero-order chi connectivity index (χ0) is 15.2. The van der Waals surface area contributed by atoms with Crippen LogP contribution in [0.1, 0.15) is 25.3 Å². The minimum absolute atomic E-state index is 0.0764. The van der Waals surface area contributed by atoms with Crippen LogP contribution in [0, 0.1) is 5.92 Å². The number of carboxylic acid groups (broad SMARTS) is 1. The first-order valence-corrected chi connectivity index (χ1v) is 7.36. The molecule has 0 radical (unpaired) electrons. The van der Waals surface area contributed by atoms with Crippen molar-refractivity contribution in [2.75, 3.05) is 25.0 Å². The molecule has 1 saturated heterocycles. The van der Waals surface area contributed by atoms with E-state index in [9.17, 15) is 9.59 Å². The molecule has 0 saturated carbocycles. The predicted octanol–water partition coefficient (Wildman–Crippen LogP) is 1.98. The monoisotopic (exact) mass is 290 g/mol. The summed E-state index contributed by atoms with van der Waals surface area (Å²) in [6.45, 7) is 3.95. The summed E-state index contributed by atoms with van der Waals surface area (Å²) >= 11 is 0. The number of nitrogens with one attached hydrogen (secondary N) is 1. The van der Waals surface area contributed by atoms with Crippen molar-refractivity contribution in [3.63, 3.8) is 0 Å². The van der Waals surface area contributed by atoms with Crippen LogP contribution in [0.2, 0.25) is 0 Å². The number of likely N-dealkylation sites (tertiary alicyclic amines) is 1. The quantitative estimate of drug-likeness (QED) is 0.870. The van der Waals surface area contributed by atoms with Crippen molar-refractivity contribution in [1.82, 2.24) is 4.90 Å². The lowest BCUT2D eigenvalue weighted by Crippen LogP contribution is -2.39. The molecule has 0 aromatic heterocycles. The Kier molecular flexibility index (Phi) is 5.33. The summed E-state index contributed by atoms with van der Waals surface area (Å²) in [5.41, 5.74) is 1.96. The van der Waals surface area contributed by atoms with Crippen LogP contribution < -0.4 is 5.32 Å². The van der Waals surface area contributed by atoms with E-state index in [2.05, 4.69) is 10.2 Å². The molecule has 1 unspecified atom stereocenters. The van der Waals surface area contributed by atoms with E-state index in [1.54, 1.807) is 0 Å². The van der Waals surface area contributed by atoms with Gasteiger partial charge in [-0.3, -0.25) is 9.59 Å². The fraction of sp³-hybridized carbons (Fsp3) is 0.500. The Hall–Kier alpha value is -1.88. The topological polar surface area (TPSA) is 69.6 Å². The molecular formula is C16H22N2O3. The zero-order valence-electron chi connectivity index (χ0n) is 12.3. The Morgan fingerprint density at radius 2 is 2.24 bits per heavy atom. The number of rotatable bonds is 5. The van der Waals surface area contributed by atoms with Crippen molar-refractivity contribution in [2.24, 2.45) is 5.92 Å². The largest absolute Gasteiger partial charge is 0.481 e. The number of aliphatic carboxylic acids is 1. The molecule has 5 nitrogen and oxygen atoms in total. The normalized spacial score (nSPS) is 19.2. The molecule has 0 bridgehead atoms. The number of carbonyl (C=O) groups excluding carboxylic acids is 1. The first kappa shape index (κ1) is 15.5. The molecule has 1 atom stereocenters. The van der Waals surface area contributed by atoms with Crippen LogP contribution >= 0.6 is 0 Å². The van der Waals surface area contributed by atoms with Gasteiger partial charge in [0.05, 0.1) is 5.92 Å². The van der Waals surface area contributed by atoms with Gasteiger partial charge in [-0.2, -0.15) is 0 Å². The average Bonchev–Trinajstić information content (AvgIpc) is 2.45. The van der Waals surface area contributed by atoms with Crippen molar-refractivity contribution < 1.29 is 14.7 Å². The minimum atomic E-state index is -0.688. The molecule has 2 rings (SSSR count). The molecule has 1 aliphatic rings. The van der Waals surface area contributed by atoms with E-state index in [-0.39, 0.29) is 11.8 Å². The number of hydrogen-bond acceptors (Lipinski definition) is 3. The molecule has 5 heteroatoms. The Labute approximate surface area is 125 Å². The molecule has 2 N–H and O–H groups in total. The van der Waals surface area contributed by atoms with Crippen LogP contribution in [0.25, 0.3) is 0 Å². The minimum Gasteiger partial charge on any atom is -0.481 e. The Balaban J connectivity index is 1.87. The van der Waals surface area contributed by atoms with Crippen molar-refractivity contribution in [3.8, 4) is 0 Å². The van der Waals surface area contributed by atoms with Gasteiger partial charge in [0.1, 0.15) is 0 Å². The molecule has 21 heavy (non-hydrogen) atoms. The van der Waals surface area contributed by atoms with Gasteiger partial charge in [-0.05, 0) is 43.5 Å². The van der Waals surface area contributed by atoms with Gasteiger partial charge in [-0.15, -0.1) is 0 Å². The van der Waals surface area contributed by atoms with Gasteiger partial charge < -0.3 is 15.3 Å². The van der Waals surface area contributed by atoms with Crippen LogP contribution in [0.3, 0.4) is 0 Å². The Morgan fingerprint density at radius 1 is 1.43 bits per heavy atom. The molecule has 114 valence electrons. The summed E-state index contributed by atoms with van der Waals surface area (Å²) < 4.78 is 0. The maximum atomic E-state index is 11.1. The lowest BCUT2D eigenvalue weighted by molar-refractivity contribution is -0.143. The smallest absolute Gasteiger partial charge is 0.307 e. The van der Waals surface area contributed by atoms with Crippen molar-refractivity contribution in [1.29, 1.82) is 0 Å². The van der Waals surface area contributed by atoms with Crippen molar-refractivity contribution in [2.45, 2.75) is 26.2 Å². The second-order valence-electron chi connectivity index (χ2n) is 5.61. The number of hydrogen-bond donors (Lipinski definition) is 2. The average molecular weight is 290 g/mol. The van der Waals surface area contributed by atoms with Gasteiger partial charge in [-0.25, -0.2) is 0 Å². The van der Waals surface area contributed by atoms with E-state index in [0.717, 1.165) is 43.6 Å². The molecule has 1 aromatic carbocycles. The maximum absolute atomic E-state index is 11.1. The molecule has 1 aliphatic heterocycles. The number of piperidine rings is 1. The molecule has 1 fully saturated rings. The SMILES string of the molecule is CC(=O)Nc1cccc(CCN2CCCC(C(=O)O)C2)c1. The van der Waals surface area contributed by atoms with Crippen LogP contribution in [0.4, 0.5) is 5.69 Å². The van der Waals surface area contributed by atoms with E-state index < -0.39 is 5.97 Å². The summed E-state index contributed by atoms with van der Waals surface area (Å²) in [6.07, 6.45) is 2.59. The van der Waals surface area contributed by atoms with Gasteiger partial charge in [-0.1, -0.05) is 12.1 Å². The van der Waals surface area contributed by atoms with Crippen molar-refractivity contribution in [3.05, 3.63) is 29.8 Å². The summed E-state index contributed by atoms with van der Waals surface area (Å²) in [7, 11) is 0. The second-order valence-corrected chi connectivity index (χ2v) is 5.61. The Morgan fingerprint density at radius 3 is 2.95 bits per heavy atom. The van der Waals surface area contributed by atoms with Crippen molar-refractivity contribution >= 4 is 17.6 Å². The van der Waals surface area contributed by atoms with Gasteiger partial charge >= 0.3 is 5.97 Å². The number of anilines is 1. The highest BCUT2D eigenvalue weighted by atomic mass is 16.4. The highest BCUT2D eigenvalue weighted by Crippen LogP contribution is 2.18. The number of benzene rings is 1. The first-order valence-electron chi connectivity index (χ1n) is 7.36. The third-order valence-corrected chi connectivity index (χ3v) is 3.82. The third-order valence-electron chi connectivity index (χ3n) is 3.82. The molecular weight excluding hydrogens is 268 g/mol. The van der Waals surface area contributed by atoms with E-state index in [0.29, 0.717) is 6.54 Å². The van der Waals surface area contributed by atoms with E-state index in [1.165, 1.54) is 6.92 Å². The fourth-order valence-electron chi connectivity index (χ4n) is 2.76. The lowest BCUT2D eigenvalue weighted by atomic mass is 9.98. The van der Waals surface area contributed by atoms with Gasteiger partial charge in [0.2, 0.25) is 5.91 Å². The standard InChI is InChI=1S/C16H22N2O3/c1-12(19)17-15-6-2-4-13(10-15)7-9-18-8-3-5-14(11-18)16(20)21/h2,4,6,10,14H,3,5,7-9,11H2,1H3,(H,17,19)(H,20,21). The predicted molar refractivity (Wildman–Crippen MR) is 81.2 cm³/mol. The van der Waals surface area contributed by atoms with Crippen LogP contribution in [0.15, 0.2) is 24.3 Å². The molecule has 0 aliphatic carbocycles. The number of nitrogens with zero attached hydrogens (tertiary/aromatic N) is 1. The molecule has 0 spiro atoms. The number of amides is 1. The number of carboxylic acids is 1. The Bertz CT molecular complexity index is 516. The van der Waals surface area contributed by atoms with E-state index in [1.807, 2.05) is 24.3 Å². The molecule has 1 aromatic rings. The van der Waals surface area contributed by atoms with Gasteiger partial charge in [0.25, 0.3) is 0 Å². The lowest BCUT2D eigenvalue weighted by Gasteiger charge is -2.30.